The molecule has 0 bridgehead atoms. The average Bonchev–Trinajstić information content (AvgIpc) is 1.80. The summed E-state index contributed by atoms with van der Waals surface area (Å²) in [5.41, 5.74) is 0. The molecule has 0 saturated heterocycles. The molecule has 0 aliphatic carbocycles. The van der Waals surface area contributed by atoms with Gasteiger partial charge in [0.2, 0.25) is 0 Å². The first-order chi connectivity index (χ1) is 5.91. The molecule has 0 aromatic carbocycles. The Morgan fingerprint density at radius 2 is 0.857 bits per heavy atom. The van der Waals surface area contributed by atoms with Gasteiger partial charge in [-0.15, -0.1) is 0 Å². The van der Waals surface area contributed by atoms with E-state index in [4.69, 9.17) is 0 Å². The molecule has 0 amide bonds. The van der Waals surface area contributed by atoms with Gasteiger partial charge in [-0.3, -0.25) is 0 Å². The topological polar surface area (TPSA) is 0 Å². The van der Waals surface area contributed by atoms with Gasteiger partial charge < -0.3 is 0 Å². The Morgan fingerprint density at radius 1 is 0.643 bits per heavy atom. The van der Waals surface area contributed by atoms with Gasteiger partial charge in [0, 0.05) is 0 Å². The van der Waals surface area contributed by atoms with Crippen LogP contribution in [-0.4, -0.2) is 58.1 Å². The van der Waals surface area contributed by atoms with Crippen LogP contribution in [0, 0.1) is 17.8 Å². The Balaban J connectivity index is 0. The molecular weight excluding hydrogens is 194 g/mol. The third-order valence-corrected chi connectivity index (χ3v) is 2.41. The zero-order chi connectivity index (χ0) is 10.4. The molecule has 0 heterocycles. The normalized spacial score (nSPS) is 10.9. The average molecular weight is 222 g/mol. The summed E-state index contributed by atoms with van der Waals surface area (Å²) in [7, 11) is 0. The van der Waals surface area contributed by atoms with E-state index in [0.29, 0.717) is 0 Å². The van der Waals surface area contributed by atoms with E-state index < -0.39 is 0 Å². The fourth-order valence-electron chi connectivity index (χ4n) is 2.29. The fourth-order valence-corrected chi connectivity index (χ4v) is 2.29. The van der Waals surface area contributed by atoms with Crippen molar-refractivity contribution >= 4 is 58.1 Å². The Kier molecular flexibility index (Phi) is 12.8. The summed E-state index contributed by atoms with van der Waals surface area (Å²) < 4.78 is 0. The van der Waals surface area contributed by atoms with Crippen molar-refractivity contribution in [3.05, 3.63) is 0 Å². The molecule has 0 spiro atoms. The fraction of sp³-hybridized carbons (Fsp3) is 1.00. The zero-order valence-electron chi connectivity index (χ0n) is 10.4. The molecular formula is C12H28BK. The third kappa shape index (κ3) is 11.8. The van der Waals surface area contributed by atoms with Gasteiger partial charge in [-0.2, -0.15) is 0 Å². The second kappa shape index (κ2) is 9.89. The quantitative estimate of drug-likeness (QED) is 0.600. The molecule has 0 nitrogen and oxygen atoms in total. The van der Waals surface area contributed by atoms with Crippen LogP contribution < -0.4 is 0 Å². The molecule has 0 aliphatic rings. The minimum atomic E-state index is 0. The van der Waals surface area contributed by atoms with Crippen LogP contribution >= 0.6 is 0 Å². The maximum atomic E-state index is 2.34. The molecule has 0 saturated carbocycles. The summed E-state index contributed by atoms with van der Waals surface area (Å²) >= 11 is 0. The number of rotatable bonds is 6. The summed E-state index contributed by atoms with van der Waals surface area (Å²) in [6, 6.07) is 0. The van der Waals surface area contributed by atoms with E-state index >= 15 is 0 Å². The van der Waals surface area contributed by atoms with Gasteiger partial charge in [-0.25, -0.2) is 0 Å². The minimum absolute atomic E-state index is 0. The van der Waals surface area contributed by atoms with Gasteiger partial charge in [0.25, 0.3) is 0 Å². The Hall–Kier alpha value is 1.70. The predicted molar refractivity (Wildman–Crippen MR) is 71.8 cm³/mol. The van der Waals surface area contributed by atoms with Gasteiger partial charge in [0.05, 0.1) is 0 Å². The van der Waals surface area contributed by atoms with Crippen molar-refractivity contribution in [2.45, 2.75) is 60.5 Å². The van der Waals surface area contributed by atoms with Crippen molar-refractivity contribution in [3.63, 3.8) is 0 Å². The van der Waals surface area contributed by atoms with Gasteiger partial charge in [-0.1, -0.05) is 78.3 Å². The monoisotopic (exact) mass is 222 g/mol. The molecule has 0 N–H and O–H groups in total. The molecule has 0 unspecified atom stereocenters. The Morgan fingerprint density at radius 3 is 1.00 bits per heavy atom. The van der Waals surface area contributed by atoms with Gasteiger partial charge in [0.1, 0.15) is 6.71 Å². The van der Waals surface area contributed by atoms with Crippen molar-refractivity contribution in [1.82, 2.24) is 0 Å². The van der Waals surface area contributed by atoms with Crippen molar-refractivity contribution in [3.8, 4) is 0 Å². The first-order valence-electron chi connectivity index (χ1n) is 5.91. The van der Waals surface area contributed by atoms with E-state index in [-0.39, 0.29) is 51.4 Å². The van der Waals surface area contributed by atoms with E-state index in [9.17, 15) is 0 Å². The van der Waals surface area contributed by atoms with Crippen LogP contribution in [0.25, 0.3) is 0 Å². The van der Waals surface area contributed by atoms with Gasteiger partial charge >= 0.3 is 51.4 Å². The van der Waals surface area contributed by atoms with E-state index in [1.165, 1.54) is 19.0 Å². The van der Waals surface area contributed by atoms with E-state index in [1.807, 2.05) is 0 Å². The van der Waals surface area contributed by atoms with Crippen LogP contribution in [0.15, 0.2) is 0 Å². The summed E-state index contributed by atoms with van der Waals surface area (Å²) in [5.74, 6) is 2.59. The molecule has 0 radical (unpaired) electrons. The summed E-state index contributed by atoms with van der Waals surface area (Å²) in [6.07, 6.45) is 4.24. The van der Waals surface area contributed by atoms with Crippen LogP contribution in [0.4, 0.5) is 0 Å². The molecule has 0 aromatic rings. The van der Waals surface area contributed by atoms with Crippen molar-refractivity contribution in [2.75, 3.05) is 0 Å². The second-order valence-electron chi connectivity index (χ2n) is 5.75. The van der Waals surface area contributed by atoms with E-state index in [1.54, 1.807) is 0 Å². The SMILES string of the molecule is CC(C)CB(CC(C)C)CC(C)C.[KH]. The Labute approximate surface area is 134 Å². The summed E-state index contributed by atoms with van der Waals surface area (Å²) in [5, 5.41) is 0. The van der Waals surface area contributed by atoms with Crippen LogP contribution in [0.5, 0.6) is 0 Å². The maximum absolute atomic E-state index is 2.34. The zero-order valence-corrected chi connectivity index (χ0v) is 10.4. The molecule has 0 aromatic heterocycles. The first-order valence-corrected chi connectivity index (χ1v) is 5.91. The molecule has 0 fully saturated rings. The molecule has 0 atom stereocenters. The summed E-state index contributed by atoms with van der Waals surface area (Å²) in [4.78, 5) is 0. The standard InChI is InChI=1S/C12H27B.K.H/c1-10(2)7-13(8-11(3)4)9-12(5)6;;/h10-12H,7-9H2,1-6H3;;. The van der Waals surface area contributed by atoms with Crippen LogP contribution in [0.2, 0.25) is 19.0 Å². The molecule has 2 heteroatoms. The van der Waals surface area contributed by atoms with E-state index in [0.717, 1.165) is 24.5 Å². The first kappa shape index (κ1) is 18.1. The van der Waals surface area contributed by atoms with Gasteiger partial charge in [-0.05, 0) is 0 Å². The summed E-state index contributed by atoms with van der Waals surface area (Å²) in [6.45, 7) is 15.0. The van der Waals surface area contributed by atoms with Crippen LogP contribution in [0.3, 0.4) is 0 Å². The number of hydrogen-bond donors (Lipinski definition) is 0. The van der Waals surface area contributed by atoms with Gasteiger partial charge in [0.15, 0.2) is 0 Å². The molecule has 14 heavy (non-hydrogen) atoms. The molecule has 80 valence electrons. The van der Waals surface area contributed by atoms with Crippen LogP contribution in [-0.2, 0) is 0 Å². The Bertz CT molecular complexity index is 97.7. The van der Waals surface area contributed by atoms with Crippen molar-refractivity contribution in [1.29, 1.82) is 0 Å². The van der Waals surface area contributed by atoms with Crippen molar-refractivity contribution < 1.29 is 0 Å². The van der Waals surface area contributed by atoms with Crippen molar-refractivity contribution in [2.24, 2.45) is 17.8 Å². The molecule has 0 aliphatic heterocycles. The third-order valence-electron chi connectivity index (χ3n) is 2.41. The molecule has 0 rings (SSSR count). The second-order valence-corrected chi connectivity index (χ2v) is 5.75. The van der Waals surface area contributed by atoms with Crippen LogP contribution in [0.1, 0.15) is 41.5 Å². The van der Waals surface area contributed by atoms with E-state index in [2.05, 4.69) is 41.5 Å². The number of hydrogen-bond acceptors (Lipinski definition) is 0. The predicted octanol–water partition coefficient (Wildman–Crippen LogP) is 3.80.